The van der Waals surface area contributed by atoms with Gasteiger partial charge in [-0.3, -0.25) is 19.2 Å². The highest BCUT2D eigenvalue weighted by Gasteiger charge is 2.39. The number of aliphatic hydroxyl groups excluding tert-OH is 2. The lowest BCUT2D eigenvalue weighted by Gasteiger charge is -2.29. The summed E-state index contributed by atoms with van der Waals surface area (Å²) in [6.45, 7) is 0.631. The van der Waals surface area contributed by atoms with Crippen LogP contribution in [-0.2, 0) is 24.0 Å². The Hall–Kier alpha value is -2.77. The SMILES string of the molecule is CC(O)C(NC(=O)C(N)CO)C(=O)NC(CCC(=O)O)C(=O)N1CCCC1C(=O)O. The highest BCUT2D eigenvalue weighted by molar-refractivity contribution is 5.94. The molecule has 30 heavy (non-hydrogen) atoms. The summed E-state index contributed by atoms with van der Waals surface area (Å²) in [6.07, 6.45) is -1.55. The molecule has 1 rings (SSSR count). The molecule has 0 aliphatic carbocycles. The maximum atomic E-state index is 12.8. The summed E-state index contributed by atoms with van der Waals surface area (Å²) < 4.78 is 0. The average Bonchev–Trinajstić information content (AvgIpc) is 3.17. The normalized spacial score (nSPS) is 20.0. The zero-order valence-electron chi connectivity index (χ0n) is 16.5. The standard InChI is InChI=1S/C17H28N4O9/c1-8(23)13(20-14(26)9(18)7-22)15(27)19-10(4-5-12(24)25)16(28)21-6-2-3-11(21)17(29)30/h8-11,13,22-23H,2-7,18H2,1H3,(H,19,27)(H,20,26)(H,24,25)(H,29,30). The van der Waals surface area contributed by atoms with Gasteiger partial charge in [0.25, 0.3) is 0 Å². The number of hydrogen-bond donors (Lipinski definition) is 7. The minimum Gasteiger partial charge on any atom is -0.481 e. The van der Waals surface area contributed by atoms with Gasteiger partial charge in [0.15, 0.2) is 0 Å². The molecule has 0 spiro atoms. The van der Waals surface area contributed by atoms with Gasteiger partial charge in [0.05, 0.1) is 12.7 Å². The van der Waals surface area contributed by atoms with Crippen LogP contribution in [0.4, 0.5) is 0 Å². The Bertz CT molecular complexity index is 670. The third-order valence-corrected chi connectivity index (χ3v) is 4.68. The molecule has 0 aromatic carbocycles. The van der Waals surface area contributed by atoms with E-state index < -0.39 is 73.0 Å². The second kappa shape index (κ2) is 11.4. The predicted octanol–water partition coefficient (Wildman–Crippen LogP) is -3.40. The van der Waals surface area contributed by atoms with E-state index >= 15 is 0 Å². The zero-order chi connectivity index (χ0) is 23.0. The van der Waals surface area contributed by atoms with Crippen LogP contribution in [0, 0.1) is 0 Å². The molecular formula is C17H28N4O9. The summed E-state index contributed by atoms with van der Waals surface area (Å²) in [6, 6.07) is -5.34. The van der Waals surface area contributed by atoms with Crippen LogP contribution >= 0.6 is 0 Å². The van der Waals surface area contributed by atoms with Gasteiger partial charge in [-0.25, -0.2) is 4.79 Å². The molecule has 0 radical (unpaired) electrons. The number of amides is 3. The Morgan fingerprint density at radius 2 is 1.77 bits per heavy atom. The van der Waals surface area contributed by atoms with E-state index in [0.29, 0.717) is 6.42 Å². The van der Waals surface area contributed by atoms with Crippen LogP contribution in [0.5, 0.6) is 0 Å². The van der Waals surface area contributed by atoms with Crippen molar-refractivity contribution in [3.63, 3.8) is 0 Å². The van der Waals surface area contributed by atoms with Crippen molar-refractivity contribution in [1.29, 1.82) is 0 Å². The number of aliphatic carboxylic acids is 2. The van der Waals surface area contributed by atoms with Gasteiger partial charge in [-0.15, -0.1) is 0 Å². The first kappa shape index (κ1) is 25.3. The van der Waals surface area contributed by atoms with Gasteiger partial charge in [-0.1, -0.05) is 0 Å². The van der Waals surface area contributed by atoms with E-state index in [1.165, 1.54) is 6.92 Å². The largest absolute Gasteiger partial charge is 0.481 e. The summed E-state index contributed by atoms with van der Waals surface area (Å²) in [5.74, 6) is -5.11. The molecule has 3 amide bonds. The van der Waals surface area contributed by atoms with Gasteiger partial charge in [0.2, 0.25) is 17.7 Å². The smallest absolute Gasteiger partial charge is 0.326 e. The Kier molecular flexibility index (Phi) is 9.62. The molecule has 5 atom stereocenters. The van der Waals surface area contributed by atoms with Gasteiger partial charge in [0.1, 0.15) is 24.2 Å². The number of hydrogen-bond acceptors (Lipinski definition) is 8. The molecule has 0 aromatic heterocycles. The minimum absolute atomic E-state index is 0.136. The van der Waals surface area contributed by atoms with E-state index in [4.69, 9.17) is 15.9 Å². The van der Waals surface area contributed by atoms with Crippen LogP contribution in [0.3, 0.4) is 0 Å². The Labute approximate surface area is 172 Å². The van der Waals surface area contributed by atoms with Crippen molar-refractivity contribution in [2.75, 3.05) is 13.2 Å². The van der Waals surface area contributed by atoms with Crippen molar-refractivity contribution in [2.24, 2.45) is 5.73 Å². The topological polar surface area (TPSA) is 220 Å². The van der Waals surface area contributed by atoms with Crippen molar-refractivity contribution in [3.05, 3.63) is 0 Å². The van der Waals surface area contributed by atoms with E-state index in [1.54, 1.807) is 0 Å². The number of carbonyl (C=O) groups excluding carboxylic acids is 3. The zero-order valence-corrected chi connectivity index (χ0v) is 16.5. The average molecular weight is 432 g/mol. The van der Waals surface area contributed by atoms with Crippen LogP contribution < -0.4 is 16.4 Å². The molecule has 0 saturated carbocycles. The maximum Gasteiger partial charge on any atom is 0.326 e. The lowest BCUT2D eigenvalue weighted by Crippen LogP contribution is -2.60. The lowest BCUT2D eigenvalue weighted by molar-refractivity contribution is -0.150. The van der Waals surface area contributed by atoms with E-state index in [2.05, 4.69) is 10.6 Å². The number of nitrogens with zero attached hydrogens (tertiary/aromatic N) is 1. The molecule has 1 saturated heterocycles. The van der Waals surface area contributed by atoms with Gasteiger partial charge in [-0.2, -0.15) is 0 Å². The second-order valence-corrected chi connectivity index (χ2v) is 7.04. The first-order chi connectivity index (χ1) is 14.0. The fourth-order valence-corrected chi connectivity index (χ4v) is 3.02. The first-order valence-electron chi connectivity index (χ1n) is 9.39. The number of carboxylic acids is 2. The summed E-state index contributed by atoms with van der Waals surface area (Å²) >= 11 is 0. The molecule has 170 valence electrons. The Morgan fingerprint density at radius 1 is 1.13 bits per heavy atom. The summed E-state index contributed by atoms with van der Waals surface area (Å²) in [5.41, 5.74) is 5.36. The monoisotopic (exact) mass is 432 g/mol. The second-order valence-electron chi connectivity index (χ2n) is 7.04. The van der Waals surface area contributed by atoms with Gasteiger partial charge in [-0.05, 0) is 26.2 Å². The first-order valence-corrected chi connectivity index (χ1v) is 9.39. The molecule has 13 heteroatoms. The molecular weight excluding hydrogens is 404 g/mol. The fraction of sp³-hybridized carbons (Fsp3) is 0.706. The number of rotatable bonds is 11. The van der Waals surface area contributed by atoms with E-state index in [0.717, 1.165) is 4.90 Å². The van der Waals surface area contributed by atoms with Gasteiger partial charge < -0.3 is 41.7 Å². The molecule has 1 heterocycles. The number of likely N-dealkylation sites (tertiary alicyclic amines) is 1. The molecule has 1 aliphatic heterocycles. The van der Waals surface area contributed by atoms with Crippen LogP contribution in [0.25, 0.3) is 0 Å². The lowest BCUT2D eigenvalue weighted by atomic mass is 10.1. The molecule has 1 aliphatic rings. The van der Waals surface area contributed by atoms with Crippen LogP contribution in [0.15, 0.2) is 0 Å². The molecule has 1 fully saturated rings. The van der Waals surface area contributed by atoms with Crippen LogP contribution in [0.1, 0.15) is 32.6 Å². The predicted molar refractivity (Wildman–Crippen MR) is 99.8 cm³/mol. The Morgan fingerprint density at radius 3 is 2.27 bits per heavy atom. The van der Waals surface area contributed by atoms with E-state index in [1.807, 2.05) is 0 Å². The molecule has 5 unspecified atom stereocenters. The fourth-order valence-electron chi connectivity index (χ4n) is 3.02. The highest BCUT2D eigenvalue weighted by Crippen LogP contribution is 2.19. The number of aliphatic hydroxyl groups is 2. The molecule has 8 N–H and O–H groups in total. The number of carboxylic acid groups (broad SMARTS) is 2. The quantitative estimate of drug-likeness (QED) is 0.171. The third-order valence-electron chi connectivity index (χ3n) is 4.68. The molecule has 13 nitrogen and oxygen atoms in total. The van der Waals surface area contributed by atoms with Gasteiger partial charge in [0, 0.05) is 13.0 Å². The number of nitrogens with two attached hydrogens (primary N) is 1. The van der Waals surface area contributed by atoms with Crippen molar-refractivity contribution in [2.45, 2.75) is 62.9 Å². The molecule has 0 aromatic rings. The van der Waals surface area contributed by atoms with Crippen LogP contribution in [0.2, 0.25) is 0 Å². The van der Waals surface area contributed by atoms with E-state index in [-0.39, 0.29) is 19.4 Å². The summed E-state index contributed by atoms with van der Waals surface area (Å²) in [7, 11) is 0. The van der Waals surface area contributed by atoms with Crippen molar-refractivity contribution < 1.29 is 44.4 Å². The van der Waals surface area contributed by atoms with Crippen molar-refractivity contribution in [3.8, 4) is 0 Å². The Balaban J connectivity index is 2.99. The maximum absolute atomic E-state index is 12.8. The minimum atomic E-state index is -1.54. The highest BCUT2D eigenvalue weighted by atomic mass is 16.4. The summed E-state index contributed by atoms with van der Waals surface area (Å²) in [5, 5.41) is 41.4. The number of nitrogens with one attached hydrogen (secondary N) is 2. The van der Waals surface area contributed by atoms with Crippen LogP contribution in [-0.4, -0.2) is 98.4 Å². The van der Waals surface area contributed by atoms with Crippen molar-refractivity contribution >= 4 is 29.7 Å². The summed E-state index contributed by atoms with van der Waals surface area (Å²) in [4.78, 5) is 60.6. The van der Waals surface area contributed by atoms with Crippen molar-refractivity contribution in [1.82, 2.24) is 15.5 Å². The molecule has 0 bridgehead atoms. The third kappa shape index (κ3) is 6.93. The van der Waals surface area contributed by atoms with Gasteiger partial charge >= 0.3 is 11.9 Å². The number of carbonyl (C=O) groups is 5. The van der Waals surface area contributed by atoms with E-state index in [9.17, 15) is 34.2 Å².